The molecule has 0 aliphatic rings. The molecule has 0 aliphatic heterocycles. The van der Waals surface area contributed by atoms with Crippen LogP contribution in [-0.2, 0) is 17.8 Å². The standard InChI is InChI=1S/C21H25F2N5O2/c1-13(2)26-20(29)8-18-16-11-28(27-17(16)5-6-24-18)10-15-7-14(3)19(9-25-15)30-12-21(4,22)23/h5-7,9,11,13H,8,10,12H2,1-4H3,(H,26,29). The molecular weight excluding hydrogens is 392 g/mol. The van der Waals surface area contributed by atoms with Crippen molar-refractivity contribution < 1.29 is 18.3 Å². The lowest BCUT2D eigenvalue weighted by Gasteiger charge is -2.14. The fraction of sp³-hybridized carbons (Fsp3) is 0.429. The highest BCUT2D eigenvalue weighted by atomic mass is 19.3. The Labute approximate surface area is 173 Å². The number of nitrogens with one attached hydrogen (secondary N) is 1. The molecule has 1 amide bonds. The Hall–Kier alpha value is -3.10. The van der Waals surface area contributed by atoms with Crippen molar-refractivity contribution in [1.29, 1.82) is 0 Å². The second kappa shape index (κ2) is 8.73. The molecule has 3 aromatic rings. The lowest BCUT2D eigenvalue weighted by Crippen LogP contribution is -2.31. The molecule has 30 heavy (non-hydrogen) atoms. The molecule has 160 valence electrons. The van der Waals surface area contributed by atoms with Gasteiger partial charge in [-0.15, -0.1) is 0 Å². The Bertz CT molecular complexity index is 1040. The number of hydrogen-bond donors (Lipinski definition) is 1. The second-order valence-electron chi connectivity index (χ2n) is 7.72. The van der Waals surface area contributed by atoms with Crippen LogP contribution in [0.5, 0.6) is 5.75 Å². The summed E-state index contributed by atoms with van der Waals surface area (Å²) in [6, 6.07) is 3.63. The van der Waals surface area contributed by atoms with Crippen molar-refractivity contribution in [2.24, 2.45) is 0 Å². The third-order valence-electron chi connectivity index (χ3n) is 4.27. The van der Waals surface area contributed by atoms with E-state index in [0.717, 1.165) is 17.8 Å². The maximum atomic E-state index is 13.0. The van der Waals surface area contributed by atoms with Gasteiger partial charge < -0.3 is 10.1 Å². The molecule has 3 heterocycles. The Morgan fingerprint density at radius 1 is 1.33 bits per heavy atom. The number of ether oxygens (including phenoxy) is 1. The Morgan fingerprint density at radius 2 is 2.10 bits per heavy atom. The first-order chi connectivity index (χ1) is 14.1. The maximum Gasteiger partial charge on any atom is 0.278 e. The number of amides is 1. The van der Waals surface area contributed by atoms with Gasteiger partial charge in [0.15, 0.2) is 6.61 Å². The number of pyridine rings is 2. The van der Waals surface area contributed by atoms with Crippen LogP contribution >= 0.6 is 0 Å². The third kappa shape index (κ3) is 5.71. The fourth-order valence-electron chi connectivity index (χ4n) is 3.01. The van der Waals surface area contributed by atoms with Crippen molar-refractivity contribution in [3.8, 4) is 5.75 Å². The normalized spacial score (nSPS) is 11.8. The van der Waals surface area contributed by atoms with E-state index in [2.05, 4.69) is 20.4 Å². The monoisotopic (exact) mass is 417 g/mol. The van der Waals surface area contributed by atoms with E-state index in [-0.39, 0.29) is 18.4 Å². The summed E-state index contributed by atoms with van der Waals surface area (Å²) in [6.45, 7) is 6.09. The van der Waals surface area contributed by atoms with Crippen LogP contribution in [0.2, 0.25) is 0 Å². The van der Waals surface area contributed by atoms with Gasteiger partial charge in [-0.05, 0) is 38.5 Å². The first kappa shape index (κ1) is 21.6. The Kier molecular flexibility index (Phi) is 6.28. The van der Waals surface area contributed by atoms with Crippen LogP contribution in [0.25, 0.3) is 10.9 Å². The first-order valence-corrected chi connectivity index (χ1v) is 9.67. The molecular formula is C21H25F2N5O2. The molecule has 0 bridgehead atoms. The molecule has 1 N–H and O–H groups in total. The Morgan fingerprint density at radius 3 is 2.77 bits per heavy atom. The average molecular weight is 417 g/mol. The summed E-state index contributed by atoms with van der Waals surface area (Å²) < 4.78 is 32.9. The summed E-state index contributed by atoms with van der Waals surface area (Å²) in [4.78, 5) is 20.7. The second-order valence-corrected chi connectivity index (χ2v) is 7.72. The van der Waals surface area contributed by atoms with E-state index < -0.39 is 12.5 Å². The SMILES string of the molecule is Cc1cc(Cn2cc3c(CC(=O)NC(C)C)nccc3n2)ncc1OCC(C)(F)F. The highest BCUT2D eigenvalue weighted by Crippen LogP contribution is 2.21. The average Bonchev–Trinajstić information content (AvgIpc) is 3.03. The number of carbonyl (C=O) groups excluding carboxylic acids is 1. The van der Waals surface area contributed by atoms with E-state index >= 15 is 0 Å². The summed E-state index contributed by atoms with van der Waals surface area (Å²) in [5.74, 6) is -2.67. The van der Waals surface area contributed by atoms with Gasteiger partial charge in [0.25, 0.3) is 5.92 Å². The van der Waals surface area contributed by atoms with Crippen LogP contribution in [-0.4, -0.2) is 44.2 Å². The van der Waals surface area contributed by atoms with E-state index in [1.807, 2.05) is 20.0 Å². The number of halogens is 2. The molecule has 7 nitrogen and oxygen atoms in total. The maximum absolute atomic E-state index is 13.0. The van der Waals surface area contributed by atoms with Crippen LogP contribution in [0.4, 0.5) is 8.78 Å². The smallest absolute Gasteiger partial charge is 0.278 e. The van der Waals surface area contributed by atoms with E-state index in [1.54, 1.807) is 29.9 Å². The van der Waals surface area contributed by atoms with E-state index in [1.165, 1.54) is 6.20 Å². The van der Waals surface area contributed by atoms with E-state index in [0.29, 0.717) is 29.2 Å². The zero-order chi connectivity index (χ0) is 21.9. The van der Waals surface area contributed by atoms with Crippen molar-refractivity contribution >= 4 is 16.8 Å². The van der Waals surface area contributed by atoms with Crippen LogP contribution < -0.4 is 10.1 Å². The van der Waals surface area contributed by atoms with Gasteiger partial charge >= 0.3 is 0 Å². The molecule has 0 aromatic carbocycles. The summed E-state index contributed by atoms with van der Waals surface area (Å²) in [7, 11) is 0. The van der Waals surface area contributed by atoms with Crippen molar-refractivity contribution in [1.82, 2.24) is 25.1 Å². The van der Waals surface area contributed by atoms with Gasteiger partial charge in [-0.3, -0.25) is 19.4 Å². The highest BCUT2D eigenvalue weighted by molar-refractivity contribution is 5.86. The number of aryl methyl sites for hydroxylation is 1. The van der Waals surface area contributed by atoms with Gasteiger partial charge in [0.05, 0.1) is 36.1 Å². The van der Waals surface area contributed by atoms with Crippen LogP contribution in [0.3, 0.4) is 0 Å². The van der Waals surface area contributed by atoms with Gasteiger partial charge in [0.2, 0.25) is 5.91 Å². The molecule has 0 aliphatic carbocycles. The van der Waals surface area contributed by atoms with Crippen molar-refractivity contribution in [2.45, 2.75) is 52.6 Å². The van der Waals surface area contributed by atoms with E-state index in [9.17, 15) is 13.6 Å². The van der Waals surface area contributed by atoms with Crippen molar-refractivity contribution in [2.75, 3.05) is 6.61 Å². The molecule has 0 saturated heterocycles. The minimum Gasteiger partial charge on any atom is -0.485 e. The predicted octanol–water partition coefficient (Wildman–Crippen LogP) is 3.28. The van der Waals surface area contributed by atoms with Crippen LogP contribution in [0.15, 0.2) is 30.7 Å². The minimum absolute atomic E-state index is 0.0595. The summed E-state index contributed by atoms with van der Waals surface area (Å²) in [6.07, 6.45) is 5.09. The van der Waals surface area contributed by atoms with E-state index in [4.69, 9.17) is 4.74 Å². The number of nitrogens with zero attached hydrogens (tertiary/aromatic N) is 4. The minimum atomic E-state index is -2.90. The lowest BCUT2D eigenvalue weighted by molar-refractivity contribution is -0.120. The molecule has 0 atom stereocenters. The summed E-state index contributed by atoms with van der Waals surface area (Å²) in [5, 5.41) is 8.19. The quantitative estimate of drug-likeness (QED) is 0.608. The summed E-state index contributed by atoms with van der Waals surface area (Å²) >= 11 is 0. The van der Waals surface area contributed by atoms with Gasteiger partial charge in [-0.1, -0.05) is 0 Å². The molecule has 3 aromatic heterocycles. The topological polar surface area (TPSA) is 81.9 Å². The number of alkyl halides is 2. The molecule has 0 saturated carbocycles. The summed E-state index contributed by atoms with van der Waals surface area (Å²) in [5.41, 5.74) is 2.82. The van der Waals surface area contributed by atoms with Gasteiger partial charge in [0.1, 0.15) is 5.75 Å². The van der Waals surface area contributed by atoms with Crippen molar-refractivity contribution in [3.63, 3.8) is 0 Å². The largest absolute Gasteiger partial charge is 0.485 e. The molecule has 0 fully saturated rings. The fourth-order valence-corrected chi connectivity index (χ4v) is 3.01. The predicted molar refractivity (Wildman–Crippen MR) is 109 cm³/mol. The molecule has 3 rings (SSSR count). The molecule has 9 heteroatoms. The molecule has 0 spiro atoms. The zero-order valence-electron chi connectivity index (χ0n) is 17.4. The molecule has 0 unspecified atom stereocenters. The zero-order valence-corrected chi connectivity index (χ0v) is 17.4. The van der Waals surface area contributed by atoms with Crippen LogP contribution in [0, 0.1) is 6.92 Å². The number of fused-ring (bicyclic) bond motifs is 1. The number of hydrogen-bond acceptors (Lipinski definition) is 5. The number of carbonyl (C=O) groups is 1. The number of aromatic nitrogens is 4. The Balaban J connectivity index is 1.75. The van der Waals surface area contributed by atoms with Gasteiger partial charge in [-0.25, -0.2) is 8.78 Å². The van der Waals surface area contributed by atoms with Gasteiger partial charge in [-0.2, -0.15) is 5.10 Å². The van der Waals surface area contributed by atoms with Gasteiger partial charge in [0, 0.05) is 30.7 Å². The highest BCUT2D eigenvalue weighted by Gasteiger charge is 2.22. The first-order valence-electron chi connectivity index (χ1n) is 9.67. The molecule has 0 radical (unpaired) electrons. The third-order valence-corrected chi connectivity index (χ3v) is 4.27. The van der Waals surface area contributed by atoms with Crippen LogP contribution in [0.1, 0.15) is 37.7 Å². The van der Waals surface area contributed by atoms with Crippen molar-refractivity contribution in [3.05, 3.63) is 47.7 Å². The lowest BCUT2D eigenvalue weighted by atomic mass is 10.2. The number of rotatable bonds is 8.